The molecule has 0 aliphatic carbocycles. The van der Waals surface area contributed by atoms with E-state index in [1.165, 1.54) is 14.0 Å². The summed E-state index contributed by atoms with van der Waals surface area (Å²) in [4.78, 5) is 23.1. The Kier molecular flexibility index (Phi) is 6.27. The number of amides is 1. The van der Waals surface area contributed by atoms with Crippen molar-refractivity contribution in [3.8, 4) is 0 Å². The zero-order valence-corrected chi connectivity index (χ0v) is 13.4. The predicted molar refractivity (Wildman–Crippen MR) is 82.0 cm³/mol. The number of aliphatic hydroxyl groups excluding tert-OH is 2. The highest BCUT2D eigenvalue weighted by atomic mass is 16.7. The topological polar surface area (TPSA) is 114 Å². The Labute approximate surface area is 139 Å². The highest BCUT2D eigenvalue weighted by Gasteiger charge is 2.45. The second-order valence-electron chi connectivity index (χ2n) is 5.45. The Morgan fingerprint density at radius 1 is 1.21 bits per heavy atom. The van der Waals surface area contributed by atoms with Gasteiger partial charge in [0.15, 0.2) is 6.29 Å². The Bertz CT molecular complexity index is 563. The minimum absolute atomic E-state index is 0.265. The molecule has 0 radical (unpaired) electrons. The number of hydrogen-bond donors (Lipinski definition) is 3. The fraction of sp³-hybridized carbons (Fsp3) is 0.500. The van der Waals surface area contributed by atoms with Gasteiger partial charge in [-0.15, -0.1) is 0 Å². The molecule has 0 saturated carbocycles. The molecule has 1 fully saturated rings. The molecule has 0 unspecified atom stereocenters. The standard InChI is InChI=1S/C16H21NO7/c1-9(18)17-12-14(20)13(19)11(24-16(12)22-2)8-23-15(21)10-6-4-3-5-7-10/h3-7,11-14,16,19-20H,8H2,1-2H3,(H,17,18)/t11-,12-,13-,14-,16+/m1/s1. The van der Waals surface area contributed by atoms with E-state index in [4.69, 9.17) is 14.2 Å². The molecule has 1 aromatic rings. The first kappa shape index (κ1) is 18.3. The molecule has 0 aromatic heterocycles. The monoisotopic (exact) mass is 339 g/mol. The minimum Gasteiger partial charge on any atom is -0.459 e. The van der Waals surface area contributed by atoms with Crippen LogP contribution >= 0.6 is 0 Å². The smallest absolute Gasteiger partial charge is 0.338 e. The SMILES string of the molecule is CO[C@H]1O[C@H](COC(=O)c2ccccc2)[C@@H](O)[C@H](O)[C@H]1NC(C)=O. The zero-order valence-electron chi connectivity index (χ0n) is 13.4. The highest BCUT2D eigenvalue weighted by molar-refractivity contribution is 5.89. The van der Waals surface area contributed by atoms with Crippen molar-refractivity contribution in [2.45, 2.75) is 37.6 Å². The van der Waals surface area contributed by atoms with Crippen molar-refractivity contribution in [3.05, 3.63) is 35.9 Å². The van der Waals surface area contributed by atoms with E-state index in [2.05, 4.69) is 5.32 Å². The van der Waals surface area contributed by atoms with E-state index >= 15 is 0 Å². The fourth-order valence-corrected chi connectivity index (χ4v) is 2.47. The first-order valence-electron chi connectivity index (χ1n) is 7.47. The van der Waals surface area contributed by atoms with Gasteiger partial charge < -0.3 is 29.7 Å². The van der Waals surface area contributed by atoms with Crippen LogP contribution in [0.5, 0.6) is 0 Å². The van der Waals surface area contributed by atoms with Crippen molar-refractivity contribution in [2.24, 2.45) is 0 Å². The molecule has 8 heteroatoms. The summed E-state index contributed by atoms with van der Waals surface area (Å²) in [6.07, 6.45) is -4.64. The minimum atomic E-state index is -1.35. The summed E-state index contributed by atoms with van der Waals surface area (Å²) in [6, 6.07) is 7.44. The summed E-state index contributed by atoms with van der Waals surface area (Å²) in [6.45, 7) is 1.01. The zero-order chi connectivity index (χ0) is 17.7. The number of benzene rings is 1. The molecule has 132 valence electrons. The van der Waals surface area contributed by atoms with Gasteiger partial charge in [0.1, 0.15) is 31.0 Å². The van der Waals surface area contributed by atoms with E-state index in [0.29, 0.717) is 5.56 Å². The van der Waals surface area contributed by atoms with Crippen LogP contribution in [-0.2, 0) is 19.0 Å². The number of rotatable bonds is 5. The van der Waals surface area contributed by atoms with Crippen LogP contribution in [0.25, 0.3) is 0 Å². The molecular formula is C16H21NO7. The Hall–Kier alpha value is -2.00. The summed E-state index contributed by atoms with van der Waals surface area (Å²) < 4.78 is 15.7. The lowest BCUT2D eigenvalue weighted by Gasteiger charge is -2.41. The predicted octanol–water partition coefficient (Wildman–Crippen LogP) is -0.559. The molecule has 1 saturated heterocycles. The third kappa shape index (κ3) is 4.30. The molecule has 2 rings (SSSR count). The van der Waals surface area contributed by atoms with Crippen molar-refractivity contribution in [1.82, 2.24) is 5.32 Å². The first-order valence-corrected chi connectivity index (χ1v) is 7.47. The quantitative estimate of drug-likeness (QED) is 0.616. The Balaban J connectivity index is 1.98. The number of methoxy groups -OCH3 is 1. The molecule has 3 N–H and O–H groups in total. The van der Waals surface area contributed by atoms with Crippen molar-refractivity contribution in [2.75, 3.05) is 13.7 Å². The molecule has 1 aliphatic heterocycles. The maximum absolute atomic E-state index is 11.9. The van der Waals surface area contributed by atoms with Gasteiger partial charge in [0.2, 0.25) is 5.91 Å². The molecular weight excluding hydrogens is 318 g/mol. The van der Waals surface area contributed by atoms with E-state index in [1.54, 1.807) is 30.3 Å². The van der Waals surface area contributed by atoms with E-state index in [0.717, 1.165) is 0 Å². The van der Waals surface area contributed by atoms with Crippen molar-refractivity contribution < 1.29 is 34.0 Å². The van der Waals surface area contributed by atoms with Crippen LogP contribution in [0.15, 0.2) is 30.3 Å². The summed E-state index contributed by atoms with van der Waals surface area (Å²) in [5, 5.41) is 22.8. The van der Waals surface area contributed by atoms with Gasteiger partial charge in [-0.3, -0.25) is 4.79 Å². The normalized spacial score (nSPS) is 29.8. The van der Waals surface area contributed by atoms with Gasteiger partial charge in [-0.2, -0.15) is 0 Å². The van der Waals surface area contributed by atoms with Gasteiger partial charge in [-0.05, 0) is 12.1 Å². The van der Waals surface area contributed by atoms with Gasteiger partial charge in [0.25, 0.3) is 0 Å². The Morgan fingerprint density at radius 3 is 2.46 bits per heavy atom. The second-order valence-corrected chi connectivity index (χ2v) is 5.45. The molecule has 5 atom stereocenters. The number of ether oxygens (including phenoxy) is 3. The average molecular weight is 339 g/mol. The summed E-state index contributed by atoms with van der Waals surface area (Å²) in [5.74, 6) is -0.968. The van der Waals surface area contributed by atoms with Crippen molar-refractivity contribution in [1.29, 1.82) is 0 Å². The molecule has 0 bridgehead atoms. The highest BCUT2D eigenvalue weighted by Crippen LogP contribution is 2.22. The number of esters is 1. The van der Waals surface area contributed by atoms with Crippen LogP contribution in [0.2, 0.25) is 0 Å². The van der Waals surface area contributed by atoms with Gasteiger partial charge >= 0.3 is 5.97 Å². The van der Waals surface area contributed by atoms with Crippen LogP contribution in [0.3, 0.4) is 0 Å². The van der Waals surface area contributed by atoms with Crippen LogP contribution < -0.4 is 5.32 Å². The summed E-state index contributed by atoms with van der Waals surface area (Å²) >= 11 is 0. The first-order chi connectivity index (χ1) is 11.4. The van der Waals surface area contributed by atoms with E-state index < -0.39 is 42.5 Å². The van der Waals surface area contributed by atoms with E-state index in [-0.39, 0.29) is 6.61 Å². The van der Waals surface area contributed by atoms with Crippen molar-refractivity contribution >= 4 is 11.9 Å². The maximum atomic E-state index is 11.9. The maximum Gasteiger partial charge on any atom is 0.338 e. The molecule has 1 amide bonds. The van der Waals surface area contributed by atoms with Crippen LogP contribution in [0.4, 0.5) is 0 Å². The lowest BCUT2D eigenvalue weighted by molar-refractivity contribution is -0.262. The van der Waals surface area contributed by atoms with Crippen molar-refractivity contribution in [3.63, 3.8) is 0 Å². The lowest BCUT2D eigenvalue weighted by Crippen LogP contribution is -2.64. The number of hydrogen-bond acceptors (Lipinski definition) is 7. The third-order valence-electron chi connectivity index (χ3n) is 3.69. The Morgan fingerprint density at radius 2 is 1.88 bits per heavy atom. The molecule has 1 aromatic carbocycles. The third-order valence-corrected chi connectivity index (χ3v) is 3.69. The van der Waals surface area contributed by atoms with Gasteiger partial charge in [-0.25, -0.2) is 4.79 Å². The van der Waals surface area contributed by atoms with Crippen LogP contribution in [0.1, 0.15) is 17.3 Å². The number of aliphatic hydroxyl groups is 2. The number of nitrogens with one attached hydrogen (secondary N) is 1. The van der Waals surface area contributed by atoms with E-state index in [1.807, 2.05) is 0 Å². The van der Waals surface area contributed by atoms with Crippen LogP contribution in [0, 0.1) is 0 Å². The average Bonchev–Trinajstić information content (AvgIpc) is 2.58. The van der Waals surface area contributed by atoms with Gasteiger partial charge in [0, 0.05) is 14.0 Å². The van der Waals surface area contributed by atoms with Gasteiger partial charge in [-0.1, -0.05) is 18.2 Å². The molecule has 24 heavy (non-hydrogen) atoms. The van der Waals surface area contributed by atoms with Gasteiger partial charge in [0.05, 0.1) is 5.56 Å². The number of carbonyl (C=O) groups is 2. The molecule has 0 spiro atoms. The molecule has 1 heterocycles. The second kappa shape index (κ2) is 8.20. The number of carbonyl (C=O) groups excluding carboxylic acids is 2. The molecule has 8 nitrogen and oxygen atoms in total. The summed E-state index contributed by atoms with van der Waals surface area (Å²) in [5.41, 5.74) is 0.364. The van der Waals surface area contributed by atoms with Crippen LogP contribution in [-0.4, -0.2) is 66.4 Å². The lowest BCUT2D eigenvalue weighted by atomic mass is 9.97. The van der Waals surface area contributed by atoms with E-state index in [9.17, 15) is 19.8 Å². The fourth-order valence-electron chi connectivity index (χ4n) is 2.47. The molecule has 1 aliphatic rings. The summed E-state index contributed by atoms with van der Waals surface area (Å²) in [7, 11) is 1.34. The largest absolute Gasteiger partial charge is 0.459 e.